The molecule has 0 saturated carbocycles. The Bertz CT molecular complexity index is 1440. The molecule has 0 heterocycles. The number of carbonyl (C=O) groups excluding carboxylic acids is 4. The van der Waals surface area contributed by atoms with E-state index in [4.69, 9.17) is 20.7 Å². The number of nitrogens with one attached hydrogen (secondary N) is 1. The SMILES string of the molecule is C/C(I)=C/C(=O)O.C/C(I)=C/C(N)=O.CC#CC(=O)O.CC#CC(=O)OCC.CC#CC(N)=O.COc1ccc(CNC(=O)/C=C(/C)I)cc1.[I-].[Na+]. The van der Waals surface area contributed by atoms with Crippen LogP contribution in [0.15, 0.2) is 53.2 Å². The Labute approximate surface area is 386 Å². The van der Waals surface area contributed by atoms with Gasteiger partial charge >= 0.3 is 47.5 Å². The molecule has 0 unspecified atom stereocenters. The van der Waals surface area contributed by atoms with Gasteiger partial charge in [0.15, 0.2) is 0 Å². The molecule has 18 heteroatoms. The number of aliphatic carboxylic acids is 2. The van der Waals surface area contributed by atoms with Gasteiger partial charge < -0.3 is 60.4 Å². The largest absolute Gasteiger partial charge is 1.00 e. The van der Waals surface area contributed by atoms with Gasteiger partial charge in [0.1, 0.15) is 5.75 Å². The predicted octanol–water partition coefficient (Wildman–Crippen LogP) is -0.959. The van der Waals surface area contributed by atoms with Gasteiger partial charge in [-0.05, 0) is 151 Å². The van der Waals surface area contributed by atoms with Crippen LogP contribution >= 0.6 is 67.8 Å². The molecule has 0 aliphatic carbocycles. The van der Waals surface area contributed by atoms with Crippen molar-refractivity contribution in [1.29, 1.82) is 0 Å². The number of rotatable bonds is 7. The summed E-state index contributed by atoms with van der Waals surface area (Å²) in [6.45, 7) is 12.7. The first-order valence-corrected chi connectivity index (χ1v) is 16.9. The van der Waals surface area contributed by atoms with Crippen molar-refractivity contribution in [1.82, 2.24) is 5.32 Å². The van der Waals surface area contributed by atoms with Crippen molar-refractivity contribution in [2.24, 2.45) is 11.5 Å². The summed E-state index contributed by atoms with van der Waals surface area (Å²) in [5.74, 6) is 10.6. The number of esters is 1. The van der Waals surface area contributed by atoms with E-state index in [2.05, 4.69) is 68.0 Å². The summed E-state index contributed by atoms with van der Waals surface area (Å²) < 4.78 is 12.2. The quantitative estimate of drug-likeness (QED) is 0.0562. The molecule has 1 rings (SSSR count). The number of primary amides is 2. The average Bonchev–Trinajstić information content (AvgIpc) is 2.96. The number of carboxylic acid groups (broad SMARTS) is 2. The molecule has 0 bridgehead atoms. The molecular weight excluding hydrogens is 1140 g/mol. The number of benzene rings is 1. The standard InChI is InChI=1S/C12H14INO2.C6H8O2.C4H6INO.C4H5IO2.C4H5NO.C4H4O2.HI.Na/c1-9(13)7-12(15)14-8-10-3-5-11(16-2)6-4-10;1-3-5-6(7)8-4-2;2*1-3(5)2-4(6)7;2*1-2-3-4(5)6;;/h3-7H,8H2,1-2H3,(H,14,15);4H2,1-2H3;2H,1H3,(H2,6,7);2H,1H3,(H,6,7);1H3,(H2,5,6);1H3,(H,5,6);1H;/q;;;;;;;+1/p-1/b9-7-;;2*3-2-;;;;. The van der Waals surface area contributed by atoms with Crippen LogP contribution in [0.4, 0.5) is 0 Å². The number of carbonyl (C=O) groups is 6. The monoisotopic (exact) mass is 1180 g/mol. The van der Waals surface area contributed by atoms with Crippen LogP contribution in [0.25, 0.3) is 0 Å². The van der Waals surface area contributed by atoms with Crippen LogP contribution in [0.2, 0.25) is 0 Å². The first-order chi connectivity index (χ1) is 23.2. The van der Waals surface area contributed by atoms with E-state index >= 15 is 0 Å². The Morgan fingerprint density at radius 2 is 1.23 bits per heavy atom. The summed E-state index contributed by atoms with van der Waals surface area (Å²) in [6, 6.07) is 7.61. The number of allylic oxidation sites excluding steroid dienone is 3. The molecule has 13 nitrogen and oxygen atoms in total. The molecule has 282 valence electrons. The Kier molecular flexibility index (Phi) is 58.0. The van der Waals surface area contributed by atoms with Crippen LogP contribution in [-0.2, 0) is 40.0 Å². The molecule has 0 saturated heterocycles. The van der Waals surface area contributed by atoms with Gasteiger partial charge in [-0.15, -0.1) is 0 Å². The second-order valence-corrected chi connectivity index (χ2v) is 13.1. The van der Waals surface area contributed by atoms with Gasteiger partial charge in [-0.2, -0.15) is 0 Å². The fourth-order valence-electron chi connectivity index (χ4n) is 2.03. The van der Waals surface area contributed by atoms with E-state index in [-0.39, 0.29) is 65.3 Å². The average molecular weight is 1180 g/mol. The summed E-state index contributed by atoms with van der Waals surface area (Å²) >= 11 is 6.06. The summed E-state index contributed by atoms with van der Waals surface area (Å²) in [7, 11) is 1.63. The Balaban J connectivity index is -0.0000000979. The first kappa shape index (κ1) is 64.6. The molecule has 0 fully saturated rings. The van der Waals surface area contributed by atoms with Gasteiger partial charge in [0.2, 0.25) is 11.8 Å². The van der Waals surface area contributed by atoms with E-state index in [0.717, 1.165) is 28.1 Å². The molecule has 3 amide bonds. The second-order valence-electron chi connectivity index (χ2n) is 8.01. The molecule has 0 spiro atoms. The molecule has 7 N–H and O–H groups in total. The van der Waals surface area contributed by atoms with Gasteiger partial charge in [0.05, 0.1) is 13.7 Å². The molecule has 0 aliphatic heterocycles. The number of hydrogen-bond acceptors (Lipinski definition) is 8. The smallest absolute Gasteiger partial charge is 1.00 e. The second kappa shape index (κ2) is 46.7. The minimum absolute atomic E-state index is 0. The van der Waals surface area contributed by atoms with Gasteiger partial charge in [-0.3, -0.25) is 14.4 Å². The molecule has 1 aromatic rings. The van der Waals surface area contributed by atoms with Gasteiger partial charge in [0.25, 0.3) is 5.91 Å². The number of hydrogen-bond donors (Lipinski definition) is 5. The minimum atomic E-state index is -1.07. The van der Waals surface area contributed by atoms with Crippen LogP contribution in [0, 0.1) is 35.5 Å². The van der Waals surface area contributed by atoms with E-state index in [1.165, 1.54) is 13.0 Å². The van der Waals surface area contributed by atoms with Gasteiger partial charge in [-0.25, -0.2) is 14.4 Å². The van der Waals surface area contributed by atoms with Crippen LogP contribution in [-0.4, -0.2) is 59.6 Å². The minimum Gasteiger partial charge on any atom is -1.00 e. The fraction of sp³-hybridized carbons (Fsp3) is 0.294. The molecule has 0 atom stereocenters. The third-order valence-corrected chi connectivity index (χ3v) is 4.54. The van der Waals surface area contributed by atoms with Crippen LogP contribution < -0.4 is 75.1 Å². The van der Waals surface area contributed by atoms with Crippen LogP contribution in [0.5, 0.6) is 5.75 Å². The van der Waals surface area contributed by atoms with Crippen molar-refractivity contribution in [3.63, 3.8) is 0 Å². The maximum atomic E-state index is 11.3. The number of carboxylic acids is 2. The van der Waals surface area contributed by atoms with Gasteiger partial charge in [-0.1, -0.05) is 29.9 Å². The van der Waals surface area contributed by atoms with E-state index in [1.54, 1.807) is 40.9 Å². The summed E-state index contributed by atoms with van der Waals surface area (Å²) in [6.07, 6.45) is 4.10. The third kappa shape index (κ3) is 69.4. The Morgan fingerprint density at radius 3 is 1.44 bits per heavy atom. The Hall–Kier alpha value is -2.34. The predicted molar refractivity (Wildman–Crippen MR) is 219 cm³/mol. The third-order valence-electron chi connectivity index (χ3n) is 3.60. The normalized spacial score (nSPS) is 8.79. The van der Waals surface area contributed by atoms with Crippen LogP contribution in [0.1, 0.15) is 54.0 Å². The Morgan fingerprint density at radius 1 is 0.788 bits per heavy atom. The van der Waals surface area contributed by atoms with Crippen molar-refractivity contribution in [3.05, 3.63) is 58.8 Å². The van der Waals surface area contributed by atoms with Crippen molar-refractivity contribution in [2.45, 2.75) is 55.0 Å². The molecule has 0 aliphatic rings. The van der Waals surface area contributed by atoms with Crippen molar-refractivity contribution in [2.75, 3.05) is 13.7 Å². The zero-order valence-corrected chi connectivity index (χ0v) is 40.9. The maximum Gasteiger partial charge on any atom is 1.00 e. The number of halogens is 4. The first-order valence-electron chi connectivity index (χ1n) is 13.6. The number of methoxy groups -OCH3 is 1. The maximum absolute atomic E-state index is 11.3. The van der Waals surface area contributed by atoms with Gasteiger partial charge in [0, 0.05) is 36.6 Å². The fourth-order valence-corrected chi connectivity index (χ4v) is 2.89. The van der Waals surface area contributed by atoms with E-state index in [0.29, 0.717) is 13.2 Å². The topological polar surface area (TPSA) is 225 Å². The molecular formula is C34H42I4N3NaO10. The molecule has 1 aromatic carbocycles. The summed E-state index contributed by atoms with van der Waals surface area (Å²) in [4.78, 5) is 60.3. The van der Waals surface area contributed by atoms with Crippen molar-refractivity contribution >= 4 is 103 Å². The van der Waals surface area contributed by atoms with E-state index in [1.807, 2.05) is 89.2 Å². The summed E-state index contributed by atoms with van der Waals surface area (Å²) in [5.41, 5.74) is 10.4. The number of amides is 3. The molecule has 52 heavy (non-hydrogen) atoms. The summed E-state index contributed by atoms with van der Waals surface area (Å²) in [5, 5.41) is 18.5. The number of ether oxygens (including phenoxy) is 2. The van der Waals surface area contributed by atoms with Crippen molar-refractivity contribution in [3.8, 4) is 41.3 Å². The van der Waals surface area contributed by atoms with E-state index < -0.39 is 23.8 Å². The zero-order valence-electron chi connectivity index (χ0n) is 30.3. The molecule has 0 radical (unpaired) electrons. The number of nitrogens with two attached hydrogens (primary N) is 2. The van der Waals surface area contributed by atoms with E-state index in [9.17, 15) is 28.8 Å². The zero-order chi connectivity index (χ0) is 40.1. The van der Waals surface area contributed by atoms with Crippen LogP contribution in [0.3, 0.4) is 0 Å². The molecule has 0 aromatic heterocycles. The van der Waals surface area contributed by atoms with Crippen molar-refractivity contribution < 1.29 is 102 Å².